The number of carbonyl (C=O) groups excluding carboxylic acids is 1. The van der Waals surface area contributed by atoms with Crippen LogP contribution in [0.3, 0.4) is 0 Å². The smallest absolute Gasteiger partial charge is 0.320 e. The van der Waals surface area contributed by atoms with Gasteiger partial charge in [0, 0.05) is 18.9 Å². The quantitative estimate of drug-likeness (QED) is 0.114. The maximum Gasteiger partial charge on any atom is 0.320 e. The lowest BCUT2D eigenvalue weighted by Gasteiger charge is -2.43. The molecule has 3 rings (SSSR count). The van der Waals surface area contributed by atoms with Crippen LogP contribution < -0.4 is 10.4 Å². The molecule has 0 radical (unpaired) electrons. The van der Waals surface area contributed by atoms with E-state index in [0.717, 1.165) is 12.8 Å². The molecular formula is C32H42O5Si. The van der Waals surface area contributed by atoms with Gasteiger partial charge in [-0.15, -0.1) is 0 Å². The van der Waals surface area contributed by atoms with Gasteiger partial charge in [-0.2, -0.15) is 0 Å². The molecule has 2 aromatic carbocycles. The highest BCUT2D eigenvalue weighted by molar-refractivity contribution is 6.99. The van der Waals surface area contributed by atoms with Crippen LogP contribution in [0.25, 0.3) is 0 Å². The van der Waals surface area contributed by atoms with E-state index in [9.17, 15) is 14.7 Å². The summed E-state index contributed by atoms with van der Waals surface area (Å²) in [6.07, 6.45) is 12.3. The van der Waals surface area contributed by atoms with E-state index in [1.54, 1.807) is 0 Å². The zero-order valence-electron chi connectivity index (χ0n) is 23.1. The van der Waals surface area contributed by atoms with Gasteiger partial charge in [-0.1, -0.05) is 126 Å². The summed E-state index contributed by atoms with van der Waals surface area (Å²) in [7, 11) is -2.80. The Bertz CT molecular complexity index is 1050. The number of ether oxygens (including phenoxy) is 1. The fourth-order valence-corrected chi connectivity index (χ4v) is 9.83. The van der Waals surface area contributed by atoms with Crippen molar-refractivity contribution in [1.29, 1.82) is 0 Å². The molecule has 1 aliphatic heterocycles. The van der Waals surface area contributed by atoms with E-state index in [4.69, 9.17) is 9.16 Å². The van der Waals surface area contributed by atoms with Gasteiger partial charge >= 0.3 is 11.9 Å². The number of rotatable bonds is 13. The Morgan fingerprint density at radius 3 is 2.16 bits per heavy atom. The van der Waals surface area contributed by atoms with Crippen LogP contribution in [0.4, 0.5) is 0 Å². The first-order chi connectivity index (χ1) is 18.2. The molecule has 204 valence electrons. The van der Waals surface area contributed by atoms with Crippen molar-refractivity contribution in [3.63, 3.8) is 0 Å². The summed E-state index contributed by atoms with van der Waals surface area (Å²) >= 11 is 0. The van der Waals surface area contributed by atoms with E-state index in [0.29, 0.717) is 6.61 Å². The third-order valence-corrected chi connectivity index (χ3v) is 12.3. The van der Waals surface area contributed by atoms with Gasteiger partial charge in [0.25, 0.3) is 8.32 Å². The Morgan fingerprint density at radius 1 is 1.05 bits per heavy atom. The van der Waals surface area contributed by atoms with E-state index >= 15 is 0 Å². The van der Waals surface area contributed by atoms with Crippen LogP contribution in [0.2, 0.25) is 5.04 Å². The Kier molecular flexibility index (Phi) is 10.7. The number of hydrogen-bond acceptors (Lipinski definition) is 4. The van der Waals surface area contributed by atoms with Crippen molar-refractivity contribution < 1.29 is 23.9 Å². The van der Waals surface area contributed by atoms with Crippen molar-refractivity contribution in [1.82, 2.24) is 0 Å². The molecule has 5 nitrogen and oxygen atoms in total. The number of hydrogen-bond donors (Lipinski definition) is 1. The van der Waals surface area contributed by atoms with Crippen LogP contribution in [-0.2, 0) is 18.8 Å². The molecule has 0 amide bonds. The molecular weight excluding hydrogens is 492 g/mol. The van der Waals surface area contributed by atoms with Gasteiger partial charge in [-0.25, -0.2) is 0 Å². The highest BCUT2D eigenvalue weighted by atomic mass is 28.4. The van der Waals surface area contributed by atoms with Gasteiger partial charge in [0.05, 0.1) is 0 Å². The number of carbonyl (C=O) groups is 2. The summed E-state index contributed by atoms with van der Waals surface area (Å²) in [5.74, 6) is -3.20. The minimum Gasteiger partial charge on any atom is -0.481 e. The molecule has 1 fully saturated rings. The average Bonchev–Trinajstić information content (AvgIpc) is 3.29. The summed E-state index contributed by atoms with van der Waals surface area (Å²) in [4.78, 5) is 24.0. The summed E-state index contributed by atoms with van der Waals surface area (Å²) in [6.45, 7) is 9.17. The molecule has 1 heterocycles. The number of benzene rings is 2. The predicted octanol–water partition coefficient (Wildman–Crippen LogP) is 5.89. The van der Waals surface area contributed by atoms with Gasteiger partial charge in [0.15, 0.2) is 5.92 Å². The molecule has 2 aromatic rings. The predicted molar refractivity (Wildman–Crippen MR) is 155 cm³/mol. The van der Waals surface area contributed by atoms with Crippen molar-refractivity contribution >= 4 is 30.6 Å². The normalized spacial score (nSPS) is 19.2. The van der Waals surface area contributed by atoms with Crippen molar-refractivity contribution in [2.45, 2.75) is 70.9 Å². The maximum atomic E-state index is 12.3. The Labute approximate surface area is 228 Å². The van der Waals surface area contributed by atoms with Gasteiger partial charge in [0.1, 0.15) is 6.10 Å². The number of unbranched alkanes of at least 4 members (excludes halogenated alkanes) is 3. The SMILES string of the molecule is CCCCC/C=C/C=C/[C@@H](CO[Si](c1ccccc1)(c1ccccc1)C(C)(C)C)[C@@H]1CC(C(=O)O)C(=O)O1. The monoisotopic (exact) mass is 534 g/mol. The summed E-state index contributed by atoms with van der Waals surface area (Å²) in [6, 6.07) is 20.8. The topological polar surface area (TPSA) is 72.8 Å². The van der Waals surface area contributed by atoms with Crippen molar-refractivity contribution in [3.05, 3.63) is 85.0 Å². The molecule has 1 unspecified atom stereocenters. The Morgan fingerprint density at radius 2 is 1.66 bits per heavy atom. The number of allylic oxidation sites excluding steroid dienone is 3. The minimum atomic E-state index is -2.80. The van der Waals surface area contributed by atoms with E-state index < -0.39 is 32.3 Å². The lowest BCUT2D eigenvalue weighted by Crippen LogP contribution is -2.67. The lowest BCUT2D eigenvalue weighted by molar-refractivity contribution is -0.153. The molecule has 1 aliphatic rings. The second kappa shape index (κ2) is 13.7. The second-order valence-corrected chi connectivity index (χ2v) is 15.4. The van der Waals surface area contributed by atoms with Gasteiger partial charge < -0.3 is 14.3 Å². The highest BCUT2D eigenvalue weighted by Gasteiger charge is 2.51. The fourth-order valence-electron chi connectivity index (χ4n) is 5.24. The third-order valence-electron chi connectivity index (χ3n) is 7.28. The molecule has 0 spiro atoms. The van der Waals surface area contributed by atoms with Crippen LogP contribution in [-0.4, -0.2) is 38.1 Å². The molecule has 1 N–H and O–H groups in total. The third kappa shape index (κ3) is 7.11. The molecule has 6 heteroatoms. The first-order valence-corrected chi connectivity index (χ1v) is 15.6. The highest BCUT2D eigenvalue weighted by Crippen LogP contribution is 2.38. The summed E-state index contributed by atoms with van der Waals surface area (Å²) in [5, 5.41) is 11.7. The summed E-state index contributed by atoms with van der Waals surface area (Å²) < 4.78 is 12.7. The maximum absolute atomic E-state index is 12.3. The lowest BCUT2D eigenvalue weighted by atomic mass is 9.95. The van der Waals surface area contributed by atoms with E-state index in [2.05, 4.69) is 58.0 Å². The van der Waals surface area contributed by atoms with Crippen molar-refractivity contribution in [2.75, 3.05) is 6.61 Å². The van der Waals surface area contributed by atoms with Gasteiger partial charge in [-0.05, 0) is 28.3 Å². The number of esters is 1. The minimum absolute atomic E-state index is 0.146. The number of carboxylic acids is 1. The standard InChI is InChI=1S/C32H42O5Si/c1-5-6-7-8-9-10-13-18-25(29-23-28(30(33)34)31(35)37-29)24-36-38(32(2,3)4,26-19-14-11-15-20-26)27-21-16-12-17-22-27/h9-22,25,28-29H,5-8,23-24H2,1-4H3,(H,33,34)/b10-9+,18-13+/t25-,28?,29-/m0/s1. The Hall–Kier alpha value is -2.96. The van der Waals surface area contributed by atoms with E-state index in [-0.39, 0.29) is 17.4 Å². The van der Waals surface area contributed by atoms with Crippen molar-refractivity contribution in [2.24, 2.45) is 11.8 Å². The van der Waals surface area contributed by atoms with Crippen molar-refractivity contribution in [3.8, 4) is 0 Å². The molecule has 1 saturated heterocycles. The fraction of sp³-hybridized carbons (Fsp3) is 0.438. The zero-order valence-corrected chi connectivity index (χ0v) is 24.1. The van der Waals surface area contributed by atoms with Crippen LogP contribution in [0.15, 0.2) is 85.0 Å². The zero-order chi connectivity index (χ0) is 27.6. The molecule has 0 saturated carbocycles. The van der Waals surface area contributed by atoms with Crippen LogP contribution >= 0.6 is 0 Å². The first kappa shape index (κ1) is 29.6. The Balaban J connectivity index is 1.94. The summed E-state index contributed by atoms with van der Waals surface area (Å²) in [5.41, 5.74) is 0. The molecule has 0 bridgehead atoms. The first-order valence-electron chi connectivity index (χ1n) is 13.7. The second-order valence-electron chi connectivity index (χ2n) is 11.0. The largest absolute Gasteiger partial charge is 0.481 e. The molecule has 38 heavy (non-hydrogen) atoms. The number of aliphatic carboxylic acids is 1. The molecule has 0 aromatic heterocycles. The van der Waals surface area contributed by atoms with E-state index in [1.165, 1.54) is 23.2 Å². The molecule has 0 aliphatic carbocycles. The van der Waals surface area contributed by atoms with Crippen LogP contribution in [0, 0.1) is 11.8 Å². The van der Waals surface area contributed by atoms with Crippen LogP contribution in [0.5, 0.6) is 0 Å². The average molecular weight is 535 g/mol. The number of carboxylic acid groups (broad SMARTS) is 1. The van der Waals surface area contributed by atoms with E-state index in [1.807, 2.05) is 54.6 Å². The number of cyclic esters (lactones) is 1. The van der Waals surface area contributed by atoms with Gasteiger partial charge in [0.2, 0.25) is 0 Å². The van der Waals surface area contributed by atoms with Gasteiger partial charge in [-0.3, -0.25) is 9.59 Å². The van der Waals surface area contributed by atoms with Crippen LogP contribution in [0.1, 0.15) is 59.8 Å². The molecule has 3 atom stereocenters.